The van der Waals surface area contributed by atoms with E-state index in [-0.39, 0.29) is 18.5 Å². The molecule has 0 aliphatic carbocycles. The molecule has 0 aromatic rings. The first-order valence-corrected chi connectivity index (χ1v) is 37.8. The van der Waals surface area contributed by atoms with E-state index in [0.29, 0.717) is 19.4 Å². The predicted octanol–water partition coefficient (Wildman–Crippen LogP) is 24.7. The number of nitrogens with one attached hydrogen (secondary N) is 1. The first-order chi connectivity index (χ1) is 41.0. The van der Waals surface area contributed by atoms with E-state index in [4.69, 9.17) is 4.74 Å². The van der Waals surface area contributed by atoms with Crippen LogP contribution in [-0.2, 0) is 14.3 Å². The van der Waals surface area contributed by atoms with Gasteiger partial charge in [-0.2, -0.15) is 0 Å². The number of rotatable bonds is 71. The summed E-state index contributed by atoms with van der Waals surface area (Å²) in [5.74, 6) is -0.0516. The molecular formula is C77H147NO5. The van der Waals surface area contributed by atoms with E-state index in [1.807, 2.05) is 6.08 Å². The minimum atomic E-state index is -0.841. The number of unbranched alkanes of at least 4 members (excludes halogenated alkanes) is 56. The lowest BCUT2D eigenvalue weighted by atomic mass is 10.0. The molecule has 0 bridgehead atoms. The third-order valence-corrected chi connectivity index (χ3v) is 17.7. The summed E-state index contributed by atoms with van der Waals surface area (Å²) in [5.41, 5.74) is 0. The second kappa shape index (κ2) is 72.6. The highest BCUT2D eigenvalue weighted by Gasteiger charge is 2.18. The van der Waals surface area contributed by atoms with Crippen LogP contribution in [0.4, 0.5) is 0 Å². The molecule has 0 aromatic heterocycles. The van der Waals surface area contributed by atoms with Crippen molar-refractivity contribution in [3.05, 3.63) is 36.5 Å². The molecule has 83 heavy (non-hydrogen) atoms. The van der Waals surface area contributed by atoms with Crippen LogP contribution in [0.2, 0.25) is 0 Å². The zero-order valence-corrected chi connectivity index (χ0v) is 56.2. The SMILES string of the molecule is CCCCCC/C=C\C/C=C\CCCCCCCC(=O)OCCCCCCCCCCCCCCCCCCCCCCCCCCCCCCCCCCCC(=O)NC(CO)C(O)/C=C/CCCCCCCCCCCCCCCCC. The van der Waals surface area contributed by atoms with Crippen LogP contribution in [0.15, 0.2) is 36.5 Å². The summed E-state index contributed by atoms with van der Waals surface area (Å²) in [4.78, 5) is 24.6. The number of esters is 1. The van der Waals surface area contributed by atoms with E-state index < -0.39 is 12.1 Å². The molecule has 0 aliphatic rings. The van der Waals surface area contributed by atoms with Crippen molar-refractivity contribution in [3.63, 3.8) is 0 Å². The van der Waals surface area contributed by atoms with Gasteiger partial charge in [0.1, 0.15) is 0 Å². The number of hydrogen-bond donors (Lipinski definition) is 3. The summed E-state index contributed by atoms with van der Waals surface area (Å²) in [7, 11) is 0. The monoisotopic (exact) mass is 1170 g/mol. The third-order valence-electron chi connectivity index (χ3n) is 17.7. The van der Waals surface area contributed by atoms with Crippen LogP contribution >= 0.6 is 0 Å². The first kappa shape index (κ1) is 81.1. The first-order valence-electron chi connectivity index (χ1n) is 37.8. The van der Waals surface area contributed by atoms with E-state index in [0.717, 1.165) is 51.4 Å². The molecule has 0 aromatic carbocycles. The minimum absolute atomic E-state index is 0.00844. The van der Waals surface area contributed by atoms with Gasteiger partial charge in [0.05, 0.1) is 25.4 Å². The van der Waals surface area contributed by atoms with Crippen LogP contribution in [0.5, 0.6) is 0 Å². The summed E-state index contributed by atoms with van der Waals surface area (Å²) >= 11 is 0. The maximum Gasteiger partial charge on any atom is 0.305 e. The largest absolute Gasteiger partial charge is 0.466 e. The molecule has 1 amide bonds. The van der Waals surface area contributed by atoms with Gasteiger partial charge in [-0.1, -0.05) is 378 Å². The van der Waals surface area contributed by atoms with Gasteiger partial charge in [-0.15, -0.1) is 0 Å². The van der Waals surface area contributed by atoms with Crippen molar-refractivity contribution in [1.29, 1.82) is 0 Å². The van der Waals surface area contributed by atoms with Gasteiger partial charge in [0.2, 0.25) is 5.91 Å². The van der Waals surface area contributed by atoms with E-state index in [2.05, 4.69) is 43.5 Å². The highest BCUT2D eigenvalue weighted by Crippen LogP contribution is 2.19. The molecule has 6 heteroatoms. The molecule has 0 heterocycles. The third kappa shape index (κ3) is 69.1. The van der Waals surface area contributed by atoms with E-state index in [1.165, 1.54) is 340 Å². The number of aliphatic hydroxyl groups is 2. The summed E-state index contributed by atoms with van der Waals surface area (Å²) in [5, 5.41) is 23.2. The lowest BCUT2D eigenvalue weighted by Gasteiger charge is -2.20. The minimum Gasteiger partial charge on any atom is -0.466 e. The smallest absolute Gasteiger partial charge is 0.305 e. The molecule has 2 unspecified atom stereocenters. The molecule has 490 valence electrons. The average Bonchev–Trinajstić information content (AvgIpc) is 3.49. The number of aliphatic hydroxyl groups excluding tert-OH is 2. The molecular weight excluding hydrogens is 1020 g/mol. The van der Waals surface area contributed by atoms with Crippen molar-refractivity contribution in [2.24, 2.45) is 0 Å². The zero-order chi connectivity index (χ0) is 59.9. The van der Waals surface area contributed by atoms with Crippen molar-refractivity contribution in [3.8, 4) is 0 Å². The number of hydrogen-bond acceptors (Lipinski definition) is 5. The zero-order valence-electron chi connectivity index (χ0n) is 56.2. The van der Waals surface area contributed by atoms with Crippen LogP contribution in [0.25, 0.3) is 0 Å². The van der Waals surface area contributed by atoms with Gasteiger partial charge in [0, 0.05) is 12.8 Å². The van der Waals surface area contributed by atoms with Crippen molar-refractivity contribution in [1.82, 2.24) is 5.32 Å². The number of carbonyl (C=O) groups excluding carboxylic acids is 2. The average molecular weight is 1170 g/mol. The van der Waals surface area contributed by atoms with E-state index >= 15 is 0 Å². The van der Waals surface area contributed by atoms with Crippen LogP contribution in [0.3, 0.4) is 0 Å². The Balaban J connectivity index is 3.34. The Morgan fingerprint density at radius 2 is 0.602 bits per heavy atom. The maximum atomic E-state index is 12.5. The van der Waals surface area contributed by atoms with Crippen LogP contribution in [0, 0.1) is 0 Å². The van der Waals surface area contributed by atoms with Gasteiger partial charge < -0.3 is 20.3 Å². The van der Waals surface area contributed by atoms with Gasteiger partial charge in [0.15, 0.2) is 0 Å². The van der Waals surface area contributed by atoms with Gasteiger partial charge in [-0.25, -0.2) is 0 Å². The highest BCUT2D eigenvalue weighted by molar-refractivity contribution is 5.76. The van der Waals surface area contributed by atoms with E-state index in [9.17, 15) is 19.8 Å². The lowest BCUT2D eigenvalue weighted by Crippen LogP contribution is -2.45. The molecule has 3 N–H and O–H groups in total. The summed E-state index contributed by atoms with van der Waals surface area (Å²) < 4.78 is 5.50. The number of ether oxygens (including phenoxy) is 1. The quantitative estimate of drug-likeness (QED) is 0.0320. The number of carbonyl (C=O) groups is 2. The van der Waals surface area contributed by atoms with Crippen molar-refractivity contribution in [2.75, 3.05) is 13.2 Å². The summed E-state index contributed by atoms with van der Waals surface area (Å²) in [6.07, 6.45) is 93.9. The van der Waals surface area contributed by atoms with E-state index in [1.54, 1.807) is 6.08 Å². The molecule has 0 saturated heterocycles. The fourth-order valence-electron chi connectivity index (χ4n) is 11.9. The Hall–Kier alpha value is -1.92. The van der Waals surface area contributed by atoms with Gasteiger partial charge in [0.25, 0.3) is 0 Å². The van der Waals surface area contributed by atoms with Crippen molar-refractivity contribution < 1.29 is 24.5 Å². The molecule has 0 rings (SSSR count). The molecule has 0 radical (unpaired) electrons. The maximum absolute atomic E-state index is 12.5. The van der Waals surface area contributed by atoms with Crippen molar-refractivity contribution >= 4 is 11.9 Å². The normalized spacial score (nSPS) is 12.7. The highest BCUT2D eigenvalue weighted by atomic mass is 16.5. The Morgan fingerprint density at radius 3 is 0.928 bits per heavy atom. The number of amides is 1. The van der Waals surface area contributed by atoms with Crippen LogP contribution in [-0.4, -0.2) is 47.4 Å². The van der Waals surface area contributed by atoms with Crippen LogP contribution < -0.4 is 5.32 Å². The Kier molecular flexibility index (Phi) is 70.9. The standard InChI is InChI=1S/C77H147NO5/c1-3-5-7-9-11-13-15-17-19-38-41-45-49-53-57-61-65-69-75(80)74(73-79)78-76(81)70-66-62-58-54-50-46-42-39-36-34-32-30-28-26-24-22-21-23-25-27-29-31-33-35-37-40-44-48-52-56-60-64-68-72-83-77(82)71-67-63-59-55-51-47-43-20-18-16-14-12-10-8-6-4-2/h14,16,20,43,65,69,74-75,79-80H,3-13,15,17-19,21-42,44-64,66-68,70-73H2,1-2H3,(H,78,81)/b16-14-,43-20-,69-65+. The predicted molar refractivity (Wildman–Crippen MR) is 366 cm³/mol. The second-order valence-electron chi connectivity index (χ2n) is 26.0. The van der Waals surface area contributed by atoms with Gasteiger partial charge in [-0.3, -0.25) is 9.59 Å². The fraction of sp³-hybridized carbons (Fsp3) is 0.896. The van der Waals surface area contributed by atoms with Crippen LogP contribution in [0.1, 0.15) is 418 Å². The topological polar surface area (TPSA) is 95.9 Å². The summed E-state index contributed by atoms with van der Waals surface area (Å²) in [6.45, 7) is 4.92. The molecule has 0 aliphatic heterocycles. The molecule has 0 fully saturated rings. The molecule has 6 nitrogen and oxygen atoms in total. The molecule has 0 saturated carbocycles. The Morgan fingerprint density at radius 1 is 0.337 bits per heavy atom. The fourth-order valence-corrected chi connectivity index (χ4v) is 11.9. The Labute approximate surface area is 519 Å². The lowest BCUT2D eigenvalue weighted by molar-refractivity contribution is -0.143. The van der Waals surface area contributed by atoms with Gasteiger partial charge in [-0.05, 0) is 64.2 Å². The van der Waals surface area contributed by atoms with Crippen molar-refractivity contribution in [2.45, 2.75) is 431 Å². The molecule has 0 spiro atoms. The second-order valence-corrected chi connectivity index (χ2v) is 26.0. The summed E-state index contributed by atoms with van der Waals surface area (Å²) in [6, 6.07) is -0.624. The molecule has 2 atom stereocenters. The number of allylic oxidation sites excluding steroid dienone is 5. The van der Waals surface area contributed by atoms with Gasteiger partial charge >= 0.3 is 5.97 Å². The Bertz CT molecular complexity index is 1340.